The highest BCUT2D eigenvalue weighted by Crippen LogP contribution is 2.23. The first-order chi connectivity index (χ1) is 8.66. The van der Waals surface area contributed by atoms with E-state index in [-0.39, 0.29) is 12.1 Å². The lowest BCUT2D eigenvalue weighted by Gasteiger charge is -2.18. The monoisotopic (exact) mass is 310 g/mol. The number of hydrogen-bond donors (Lipinski definition) is 2. The standard InChI is InChI=1S/C14H19BrN2O/c1-10(12-8-4-5-9-13(12)15)16-14(18)17-11-6-2-3-7-11/h4-5,8-11H,2-3,6-7H2,1H3,(H2,16,17,18). The molecule has 2 rings (SSSR count). The van der Waals surface area contributed by atoms with Crippen LogP contribution >= 0.6 is 15.9 Å². The predicted octanol–water partition coefficient (Wildman–Crippen LogP) is 3.75. The number of carbonyl (C=O) groups is 1. The van der Waals surface area contributed by atoms with E-state index in [1.54, 1.807) is 0 Å². The van der Waals surface area contributed by atoms with E-state index in [2.05, 4.69) is 26.6 Å². The van der Waals surface area contributed by atoms with E-state index < -0.39 is 0 Å². The largest absolute Gasteiger partial charge is 0.335 e. The summed E-state index contributed by atoms with van der Waals surface area (Å²) in [4.78, 5) is 11.9. The average molecular weight is 311 g/mol. The summed E-state index contributed by atoms with van der Waals surface area (Å²) in [6, 6.07) is 8.25. The Kier molecular flexibility index (Phi) is 4.64. The fraction of sp³-hybridized carbons (Fsp3) is 0.500. The second kappa shape index (κ2) is 6.23. The van der Waals surface area contributed by atoms with Gasteiger partial charge >= 0.3 is 6.03 Å². The van der Waals surface area contributed by atoms with Crippen molar-refractivity contribution in [2.45, 2.75) is 44.7 Å². The summed E-state index contributed by atoms with van der Waals surface area (Å²) < 4.78 is 1.03. The third kappa shape index (κ3) is 3.48. The molecule has 1 aromatic carbocycles. The van der Waals surface area contributed by atoms with Gasteiger partial charge in [-0.25, -0.2) is 4.79 Å². The first kappa shape index (κ1) is 13.4. The summed E-state index contributed by atoms with van der Waals surface area (Å²) >= 11 is 3.50. The molecule has 1 atom stereocenters. The zero-order valence-corrected chi connectivity index (χ0v) is 12.2. The van der Waals surface area contributed by atoms with Crippen LogP contribution in [0.25, 0.3) is 0 Å². The normalized spacial score (nSPS) is 17.4. The topological polar surface area (TPSA) is 41.1 Å². The Morgan fingerprint density at radius 1 is 1.33 bits per heavy atom. The molecule has 18 heavy (non-hydrogen) atoms. The van der Waals surface area contributed by atoms with Crippen LogP contribution in [0.2, 0.25) is 0 Å². The molecule has 0 bridgehead atoms. The number of rotatable bonds is 3. The second-order valence-corrected chi connectivity index (χ2v) is 5.70. The van der Waals surface area contributed by atoms with Crippen LogP contribution < -0.4 is 10.6 Å². The van der Waals surface area contributed by atoms with Gasteiger partial charge in [0.1, 0.15) is 0 Å². The minimum absolute atomic E-state index is 0.00183. The van der Waals surface area contributed by atoms with Crippen molar-refractivity contribution < 1.29 is 4.79 Å². The van der Waals surface area contributed by atoms with Crippen molar-refractivity contribution in [1.82, 2.24) is 10.6 Å². The zero-order valence-electron chi connectivity index (χ0n) is 10.6. The van der Waals surface area contributed by atoms with Gasteiger partial charge in [0.2, 0.25) is 0 Å². The molecular formula is C14H19BrN2O. The number of halogens is 1. The van der Waals surface area contributed by atoms with E-state index in [4.69, 9.17) is 0 Å². The molecule has 1 unspecified atom stereocenters. The van der Waals surface area contributed by atoms with E-state index >= 15 is 0 Å². The van der Waals surface area contributed by atoms with Gasteiger partial charge in [-0.15, -0.1) is 0 Å². The van der Waals surface area contributed by atoms with Gasteiger partial charge in [-0.1, -0.05) is 47.0 Å². The van der Waals surface area contributed by atoms with Crippen LogP contribution in [0.5, 0.6) is 0 Å². The van der Waals surface area contributed by atoms with Gasteiger partial charge in [0.05, 0.1) is 6.04 Å². The van der Waals surface area contributed by atoms with Crippen LogP contribution in [0.4, 0.5) is 4.79 Å². The maximum Gasteiger partial charge on any atom is 0.315 e. The van der Waals surface area contributed by atoms with E-state index in [1.807, 2.05) is 31.2 Å². The lowest BCUT2D eigenvalue weighted by atomic mass is 10.1. The SMILES string of the molecule is CC(NC(=O)NC1CCCC1)c1ccccc1Br. The first-order valence-electron chi connectivity index (χ1n) is 6.48. The Morgan fingerprint density at radius 2 is 2.00 bits per heavy atom. The highest BCUT2D eigenvalue weighted by molar-refractivity contribution is 9.10. The maximum atomic E-state index is 11.9. The summed E-state index contributed by atoms with van der Waals surface area (Å²) in [6.45, 7) is 1.99. The third-order valence-electron chi connectivity index (χ3n) is 3.41. The van der Waals surface area contributed by atoms with Gasteiger partial charge in [0.25, 0.3) is 0 Å². The zero-order chi connectivity index (χ0) is 13.0. The van der Waals surface area contributed by atoms with Crippen molar-refractivity contribution in [2.75, 3.05) is 0 Å². The molecule has 1 aliphatic rings. The van der Waals surface area contributed by atoms with Crippen LogP contribution in [0.15, 0.2) is 28.7 Å². The molecule has 1 saturated carbocycles. The highest BCUT2D eigenvalue weighted by Gasteiger charge is 2.18. The van der Waals surface area contributed by atoms with E-state index in [9.17, 15) is 4.79 Å². The number of nitrogens with one attached hydrogen (secondary N) is 2. The molecular weight excluding hydrogens is 292 g/mol. The summed E-state index contributed by atoms with van der Waals surface area (Å²) in [5, 5.41) is 6.02. The Balaban J connectivity index is 1.88. The number of carbonyl (C=O) groups excluding carboxylic acids is 1. The molecule has 0 spiro atoms. The third-order valence-corrected chi connectivity index (χ3v) is 4.13. The van der Waals surface area contributed by atoms with Gasteiger partial charge in [0.15, 0.2) is 0 Å². The molecule has 0 aliphatic heterocycles. The molecule has 4 heteroatoms. The van der Waals surface area contributed by atoms with E-state index in [0.29, 0.717) is 6.04 Å². The molecule has 0 radical (unpaired) electrons. The summed E-state index contributed by atoms with van der Waals surface area (Å²) in [5.41, 5.74) is 1.10. The molecule has 0 aromatic heterocycles. The van der Waals surface area contributed by atoms with E-state index in [1.165, 1.54) is 12.8 Å². The average Bonchev–Trinajstić information content (AvgIpc) is 2.82. The number of urea groups is 1. The van der Waals surface area contributed by atoms with Crippen molar-refractivity contribution in [3.63, 3.8) is 0 Å². The van der Waals surface area contributed by atoms with Crippen molar-refractivity contribution in [3.8, 4) is 0 Å². The lowest BCUT2D eigenvalue weighted by molar-refractivity contribution is 0.234. The molecule has 1 aromatic rings. The van der Waals surface area contributed by atoms with Crippen LogP contribution in [0, 0.1) is 0 Å². The Labute approximate surface area is 116 Å². The fourth-order valence-electron chi connectivity index (χ4n) is 2.40. The number of hydrogen-bond acceptors (Lipinski definition) is 1. The first-order valence-corrected chi connectivity index (χ1v) is 7.27. The molecule has 0 saturated heterocycles. The number of benzene rings is 1. The minimum Gasteiger partial charge on any atom is -0.335 e. The lowest BCUT2D eigenvalue weighted by Crippen LogP contribution is -2.41. The molecule has 1 fully saturated rings. The van der Waals surface area contributed by atoms with Gasteiger partial charge in [0, 0.05) is 10.5 Å². The molecule has 2 N–H and O–H groups in total. The highest BCUT2D eigenvalue weighted by atomic mass is 79.9. The molecule has 2 amide bonds. The second-order valence-electron chi connectivity index (χ2n) is 4.84. The number of amides is 2. The van der Waals surface area contributed by atoms with Gasteiger partial charge < -0.3 is 10.6 Å². The quantitative estimate of drug-likeness (QED) is 0.877. The minimum atomic E-state index is -0.0647. The van der Waals surface area contributed by atoms with Crippen LogP contribution in [0.1, 0.15) is 44.2 Å². The molecule has 3 nitrogen and oxygen atoms in total. The summed E-state index contributed by atoms with van der Waals surface area (Å²) in [6.07, 6.45) is 4.67. The summed E-state index contributed by atoms with van der Waals surface area (Å²) in [7, 11) is 0. The van der Waals surface area contributed by atoms with Crippen molar-refractivity contribution in [3.05, 3.63) is 34.3 Å². The van der Waals surface area contributed by atoms with Crippen molar-refractivity contribution >= 4 is 22.0 Å². The van der Waals surface area contributed by atoms with Crippen LogP contribution in [-0.2, 0) is 0 Å². The van der Waals surface area contributed by atoms with Gasteiger partial charge in [-0.3, -0.25) is 0 Å². The smallest absolute Gasteiger partial charge is 0.315 e. The molecule has 98 valence electrons. The van der Waals surface area contributed by atoms with E-state index in [0.717, 1.165) is 22.9 Å². The Hall–Kier alpha value is -1.03. The van der Waals surface area contributed by atoms with Crippen LogP contribution in [0.3, 0.4) is 0 Å². The predicted molar refractivity (Wildman–Crippen MR) is 76.5 cm³/mol. The summed E-state index contributed by atoms with van der Waals surface area (Å²) in [5.74, 6) is 0. The van der Waals surface area contributed by atoms with Crippen molar-refractivity contribution in [1.29, 1.82) is 0 Å². The Morgan fingerprint density at radius 3 is 2.67 bits per heavy atom. The van der Waals surface area contributed by atoms with Gasteiger partial charge in [-0.05, 0) is 31.4 Å². The molecule has 1 aliphatic carbocycles. The Bertz CT molecular complexity index is 416. The molecule has 0 heterocycles. The van der Waals surface area contributed by atoms with Crippen molar-refractivity contribution in [2.24, 2.45) is 0 Å². The van der Waals surface area contributed by atoms with Gasteiger partial charge in [-0.2, -0.15) is 0 Å². The maximum absolute atomic E-state index is 11.9. The fourth-order valence-corrected chi connectivity index (χ4v) is 3.03. The van der Waals surface area contributed by atoms with Crippen LogP contribution in [-0.4, -0.2) is 12.1 Å².